The molecule has 1 atom stereocenters. The summed E-state index contributed by atoms with van der Waals surface area (Å²) in [5.41, 5.74) is 7.17. The molecule has 0 amide bonds. The fraction of sp³-hybridized carbons (Fsp3) is 0.308. The highest BCUT2D eigenvalue weighted by molar-refractivity contribution is 9.10. The van der Waals surface area contributed by atoms with Crippen molar-refractivity contribution >= 4 is 27.3 Å². The molecular formula is C13H16BrN3S. The average molecular weight is 326 g/mol. The van der Waals surface area contributed by atoms with Crippen LogP contribution in [0.2, 0.25) is 0 Å². The zero-order chi connectivity index (χ0) is 13.0. The van der Waals surface area contributed by atoms with E-state index in [0.717, 1.165) is 11.0 Å². The summed E-state index contributed by atoms with van der Waals surface area (Å²) < 4.78 is 1.14. The van der Waals surface area contributed by atoms with Crippen LogP contribution in [-0.2, 0) is 6.54 Å². The maximum Gasteiger partial charge on any atom is 0.0576 e. The van der Waals surface area contributed by atoms with Crippen LogP contribution in [0.25, 0.3) is 0 Å². The fourth-order valence-corrected chi connectivity index (χ4v) is 3.73. The smallest absolute Gasteiger partial charge is 0.0576 e. The molecule has 0 aromatic carbocycles. The molecule has 0 radical (unpaired) electrons. The molecule has 18 heavy (non-hydrogen) atoms. The molecule has 0 bridgehead atoms. The van der Waals surface area contributed by atoms with Crippen molar-refractivity contribution in [3.8, 4) is 0 Å². The lowest BCUT2D eigenvalue weighted by atomic mass is 10.2. The lowest BCUT2D eigenvalue weighted by Crippen LogP contribution is -2.29. The van der Waals surface area contributed by atoms with Crippen LogP contribution in [0.1, 0.15) is 16.5 Å². The van der Waals surface area contributed by atoms with Crippen molar-refractivity contribution in [3.63, 3.8) is 0 Å². The standard InChI is InChI=1S/C13H16BrN3S/c1-17(9-10-2-5-16-6-3-10)12(8-15)13-11(14)4-7-18-13/h2-7,12H,8-9,15H2,1H3. The van der Waals surface area contributed by atoms with Crippen molar-refractivity contribution in [3.05, 3.63) is 50.9 Å². The molecule has 2 aromatic rings. The van der Waals surface area contributed by atoms with E-state index in [0.29, 0.717) is 6.54 Å². The number of nitrogens with zero attached hydrogens (tertiary/aromatic N) is 2. The Morgan fingerprint density at radius 1 is 1.39 bits per heavy atom. The number of likely N-dealkylation sites (N-methyl/N-ethyl adjacent to an activating group) is 1. The minimum absolute atomic E-state index is 0.243. The van der Waals surface area contributed by atoms with Gasteiger partial charge in [0.05, 0.1) is 6.04 Å². The number of pyridine rings is 1. The Labute approximate surface area is 120 Å². The molecule has 2 aromatic heterocycles. The highest BCUT2D eigenvalue weighted by Crippen LogP contribution is 2.32. The molecule has 0 spiro atoms. The summed E-state index contributed by atoms with van der Waals surface area (Å²) in [6.07, 6.45) is 3.64. The molecule has 2 heterocycles. The molecule has 3 nitrogen and oxygen atoms in total. The molecule has 0 fully saturated rings. The average Bonchev–Trinajstić information content (AvgIpc) is 2.78. The number of hydrogen-bond donors (Lipinski definition) is 1. The normalized spacial score (nSPS) is 12.9. The minimum Gasteiger partial charge on any atom is -0.329 e. The largest absolute Gasteiger partial charge is 0.329 e. The third kappa shape index (κ3) is 3.17. The Morgan fingerprint density at radius 3 is 2.67 bits per heavy atom. The van der Waals surface area contributed by atoms with E-state index in [1.54, 1.807) is 11.3 Å². The number of nitrogens with two attached hydrogens (primary N) is 1. The van der Waals surface area contributed by atoms with Crippen molar-refractivity contribution in [1.82, 2.24) is 9.88 Å². The van der Waals surface area contributed by atoms with E-state index in [1.807, 2.05) is 24.5 Å². The second kappa shape index (κ2) is 6.43. The lowest BCUT2D eigenvalue weighted by Gasteiger charge is -2.26. The molecule has 0 aliphatic carbocycles. The van der Waals surface area contributed by atoms with Gasteiger partial charge in [-0.1, -0.05) is 0 Å². The zero-order valence-electron chi connectivity index (χ0n) is 10.2. The third-order valence-corrected chi connectivity index (χ3v) is 4.86. The fourth-order valence-electron chi connectivity index (χ4n) is 1.92. The number of thiophene rings is 1. The van der Waals surface area contributed by atoms with Gasteiger partial charge in [0.15, 0.2) is 0 Å². The van der Waals surface area contributed by atoms with E-state index in [2.05, 4.69) is 44.3 Å². The Balaban J connectivity index is 2.11. The van der Waals surface area contributed by atoms with Gasteiger partial charge in [-0.05, 0) is 52.1 Å². The van der Waals surface area contributed by atoms with Gasteiger partial charge in [0, 0.05) is 34.8 Å². The summed E-state index contributed by atoms with van der Waals surface area (Å²) >= 11 is 5.32. The van der Waals surface area contributed by atoms with Crippen LogP contribution in [0.5, 0.6) is 0 Å². The Morgan fingerprint density at radius 2 is 2.11 bits per heavy atom. The first-order valence-electron chi connectivity index (χ1n) is 5.74. The first kappa shape index (κ1) is 13.7. The van der Waals surface area contributed by atoms with Crippen LogP contribution in [-0.4, -0.2) is 23.5 Å². The molecule has 96 valence electrons. The molecule has 2 N–H and O–H groups in total. The van der Waals surface area contributed by atoms with E-state index < -0.39 is 0 Å². The van der Waals surface area contributed by atoms with Crippen molar-refractivity contribution in [2.45, 2.75) is 12.6 Å². The van der Waals surface area contributed by atoms with Gasteiger partial charge >= 0.3 is 0 Å². The quantitative estimate of drug-likeness (QED) is 0.918. The van der Waals surface area contributed by atoms with Gasteiger partial charge in [0.2, 0.25) is 0 Å². The molecule has 2 rings (SSSR count). The second-order valence-corrected chi connectivity index (χ2v) is 5.96. The molecule has 1 unspecified atom stereocenters. The highest BCUT2D eigenvalue weighted by Gasteiger charge is 2.19. The van der Waals surface area contributed by atoms with E-state index >= 15 is 0 Å². The van der Waals surface area contributed by atoms with Crippen LogP contribution < -0.4 is 5.73 Å². The lowest BCUT2D eigenvalue weighted by molar-refractivity contribution is 0.244. The predicted octanol–water partition coefficient (Wildman–Crippen LogP) is 3.04. The first-order valence-corrected chi connectivity index (χ1v) is 7.41. The maximum absolute atomic E-state index is 5.92. The van der Waals surface area contributed by atoms with Crippen molar-refractivity contribution in [2.75, 3.05) is 13.6 Å². The first-order chi connectivity index (χ1) is 8.72. The maximum atomic E-state index is 5.92. The van der Waals surface area contributed by atoms with Crippen LogP contribution in [0, 0.1) is 0 Å². The van der Waals surface area contributed by atoms with Gasteiger partial charge in [0.1, 0.15) is 0 Å². The highest BCUT2D eigenvalue weighted by atomic mass is 79.9. The topological polar surface area (TPSA) is 42.2 Å². The predicted molar refractivity (Wildman–Crippen MR) is 79.5 cm³/mol. The van der Waals surface area contributed by atoms with Gasteiger partial charge in [-0.2, -0.15) is 0 Å². The van der Waals surface area contributed by atoms with E-state index in [4.69, 9.17) is 5.73 Å². The third-order valence-electron chi connectivity index (χ3n) is 2.88. The van der Waals surface area contributed by atoms with Gasteiger partial charge in [0.25, 0.3) is 0 Å². The Kier molecular flexibility index (Phi) is 4.88. The van der Waals surface area contributed by atoms with Gasteiger partial charge in [-0.25, -0.2) is 0 Å². The van der Waals surface area contributed by atoms with Crippen LogP contribution in [0.15, 0.2) is 40.4 Å². The molecular weight excluding hydrogens is 310 g/mol. The number of hydrogen-bond acceptors (Lipinski definition) is 4. The summed E-state index contributed by atoms with van der Waals surface area (Å²) in [4.78, 5) is 7.59. The van der Waals surface area contributed by atoms with Gasteiger partial charge < -0.3 is 5.73 Å². The summed E-state index contributed by atoms with van der Waals surface area (Å²) in [5.74, 6) is 0. The molecule has 0 saturated heterocycles. The van der Waals surface area contributed by atoms with Crippen molar-refractivity contribution in [2.24, 2.45) is 5.73 Å². The monoisotopic (exact) mass is 325 g/mol. The van der Waals surface area contributed by atoms with Crippen molar-refractivity contribution in [1.29, 1.82) is 0 Å². The summed E-state index contributed by atoms with van der Waals surface area (Å²) in [7, 11) is 2.10. The van der Waals surface area contributed by atoms with Crippen LogP contribution in [0.4, 0.5) is 0 Å². The van der Waals surface area contributed by atoms with E-state index in [-0.39, 0.29) is 6.04 Å². The molecule has 0 saturated carbocycles. The summed E-state index contributed by atoms with van der Waals surface area (Å²) in [6, 6.07) is 6.39. The molecule has 0 aliphatic rings. The van der Waals surface area contributed by atoms with E-state index in [9.17, 15) is 0 Å². The second-order valence-electron chi connectivity index (χ2n) is 4.15. The zero-order valence-corrected chi connectivity index (χ0v) is 12.6. The summed E-state index contributed by atoms with van der Waals surface area (Å²) in [5, 5.41) is 2.09. The number of rotatable bonds is 5. The molecule has 0 aliphatic heterocycles. The van der Waals surface area contributed by atoms with Crippen LogP contribution in [0.3, 0.4) is 0 Å². The van der Waals surface area contributed by atoms with Gasteiger partial charge in [-0.15, -0.1) is 11.3 Å². The SMILES string of the molecule is CN(Cc1ccncc1)C(CN)c1sccc1Br. The number of aromatic nitrogens is 1. The van der Waals surface area contributed by atoms with Crippen molar-refractivity contribution < 1.29 is 0 Å². The Bertz CT molecular complexity index is 486. The summed E-state index contributed by atoms with van der Waals surface area (Å²) in [6.45, 7) is 1.48. The minimum atomic E-state index is 0.243. The Hall–Kier alpha value is -0.750. The number of halogens is 1. The van der Waals surface area contributed by atoms with E-state index in [1.165, 1.54) is 10.4 Å². The molecule has 5 heteroatoms. The van der Waals surface area contributed by atoms with Gasteiger partial charge in [-0.3, -0.25) is 9.88 Å². The van der Waals surface area contributed by atoms with Crippen LogP contribution >= 0.6 is 27.3 Å².